The van der Waals surface area contributed by atoms with E-state index in [0.717, 1.165) is 66.7 Å². The number of nitrogens with zero attached hydrogens (tertiary/aromatic N) is 3. The van der Waals surface area contributed by atoms with Gasteiger partial charge in [0.25, 0.3) is 0 Å². The molecule has 5 heteroatoms. The van der Waals surface area contributed by atoms with Crippen molar-refractivity contribution in [2.45, 2.75) is 52.4 Å². The molecule has 278 valence electrons. The quantitative estimate of drug-likeness (QED) is 0.133. The summed E-state index contributed by atoms with van der Waals surface area (Å²) in [5, 5.41) is 4.48. The third-order valence-corrected chi connectivity index (χ3v) is 11.7. The number of anilines is 3. The topological polar surface area (TPSA) is 46.7 Å². The van der Waals surface area contributed by atoms with Crippen LogP contribution in [0.2, 0.25) is 0 Å². The van der Waals surface area contributed by atoms with Gasteiger partial charge < -0.3 is 13.9 Å². The minimum absolute atomic E-state index is 0.0794. The highest BCUT2D eigenvalue weighted by atomic mass is 16.1. The van der Waals surface area contributed by atoms with Crippen LogP contribution in [0.25, 0.3) is 65.6 Å². The molecule has 0 spiro atoms. The van der Waals surface area contributed by atoms with E-state index in [-0.39, 0.29) is 21.7 Å². The molecule has 0 saturated heterocycles. The van der Waals surface area contributed by atoms with E-state index in [1.165, 1.54) is 0 Å². The summed E-state index contributed by atoms with van der Waals surface area (Å²) in [6.45, 7) is 13.0. The Labute approximate surface area is 331 Å². The smallest absolute Gasteiger partial charge is 0.197 e. The Hall–Kier alpha value is -6.72. The molecule has 0 atom stereocenters. The normalized spacial score (nSPS) is 12.5. The van der Waals surface area contributed by atoms with Gasteiger partial charge in [-0.05, 0) is 94.8 Å². The van der Waals surface area contributed by atoms with Crippen molar-refractivity contribution in [2.24, 2.45) is 0 Å². The maximum Gasteiger partial charge on any atom is 0.197 e. The molecule has 0 bridgehead atoms. The summed E-state index contributed by atoms with van der Waals surface area (Å²) in [5.74, 6) is 0. The Kier molecular flexibility index (Phi) is 7.55. The summed E-state index contributed by atoms with van der Waals surface area (Å²) in [4.78, 5) is 32.4. The number of aromatic nitrogens is 2. The highest BCUT2D eigenvalue weighted by molar-refractivity contribution is 6.15. The summed E-state index contributed by atoms with van der Waals surface area (Å²) in [6.07, 6.45) is 0. The van der Waals surface area contributed by atoms with E-state index in [0.29, 0.717) is 27.1 Å². The van der Waals surface area contributed by atoms with Gasteiger partial charge in [0.2, 0.25) is 0 Å². The van der Waals surface area contributed by atoms with Crippen LogP contribution in [0.5, 0.6) is 0 Å². The molecule has 0 radical (unpaired) electrons. The highest BCUT2D eigenvalue weighted by Crippen LogP contribution is 2.44. The molecule has 0 aliphatic rings. The van der Waals surface area contributed by atoms with Crippen LogP contribution in [0.1, 0.15) is 52.7 Å². The molecule has 10 aromatic rings. The molecule has 0 N–H and O–H groups in total. The second kappa shape index (κ2) is 12.4. The van der Waals surface area contributed by atoms with Crippen LogP contribution in [-0.2, 0) is 10.8 Å². The van der Waals surface area contributed by atoms with Crippen LogP contribution in [0.4, 0.5) is 17.1 Å². The lowest BCUT2D eigenvalue weighted by Gasteiger charge is -2.27. The van der Waals surface area contributed by atoms with Crippen molar-refractivity contribution in [3.8, 4) is 5.69 Å². The molecule has 57 heavy (non-hydrogen) atoms. The molecule has 3 aromatic heterocycles. The molecule has 0 amide bonds. The average Bonchev–Trinajstić information content (AvgIpc) is 3.55. The summed E-state index contributed by atoms with van der Waals surface area (Å²) in [6, 6.07) is 52.2. The zero-order valence-electron chi connectivity index (χ0n) is 33.1. The fourth-order valence-electron chi connectivity index (χ4n) is 8.79. The zero-order chi connectivity index (χ0) is 39.4. The monoisotopic (exact) mass is 741 g/mol. The predicted molar refractivity (Wildman–Crippen MR) is 240 cm³/mol. The zero-order valence-corrected chi connectivity index (χ0v) is 33.1. The number of hydrogen-bond donors (Lipinski definition) is 0. The summed E-state index contributed by atoms with van der Waals surface area (Å²) >= 11 is 0. The van der Waals surface area contributed by atoms with E-state index < -0.39 is 0 Å². The summed E-state index contributed by atoms with van der Waals surface area (Å²) in [5.41, 5.74) is 9.67. The lowest BCUT2D eigenvalue weighted by molar-refractivity contribution is 0.591. The predicted octanol–water partition coefficient (Wildman–Crippen LogP) is 12.7. The first-order valence-electron chi connectivity index (χ1n) is 19.7. The van der Waals surface area contributed by atoms with Crippen LogP contribution >= 0.6 is 0 Å². The lowest BCUT2D eigenvalue weighted by atomic mass is 9.85. The van der Waals surface area contributed by atoms with Crippen molar-refractivity contribution >= 4 is 77.0 Å². The standard InChI is InChI=1S/C52H43N3O2/c1-51(2,3)32-24-26-44-39(28-32)49(56)41-30-36(31-42-47(41)55(44)45-27-25-33(52(4,5)6)29-40(45)50(42)57)54-43-22-14-13-20-37(43)38-21-15-23-46(48(38)54)53(34-16-9-7-10-17-34)35-18-11-8-12-19-35/h7-31H,1-6H3. The van der Waals surface area contributed by atoms with E-state index in [1.807, 2.05) is 24.3 Å². The van der Waals surface area contributed by atoms with E-state index in [1.54, 1.807) is 0 Å². The van der Waals surface area contributed by atoms with Gasteiger partial charge in [-0.3, -0.25) is 9.59 Å². The van der Waals surface area contributed by atoms with Gasteiger partial charge in [-0.25, -0.2) is 0 Å². The van der Waals surface area contributed by atoms with E-state index >= 15 is 9.59 Å². The minimum Gasteiger partial charge on any atom is -0.308 e. The number of pyridine rings is 2. The minimum atomic E-state index is -0.164. The second-order valence-corrected chi connectivity index (χ2v) is 17.4. The SMILES string of the molecule is CC(C)(C)c1ccc2c(c1)c(=O)c1cc(-n3c4ccccc4c4cccc(N(c5ccccc5)c5ccccc5)c43)cc3c(=O)c4cc(C(C)(C)C)ccc4n2c13. The molecule has 0 aliphatic carbocycles. The van der Waals surface area contributed by atoms with Gasteiger partial charge in [0.05, 0.1) is 33.3 Å². The maximum atomic E-state index is 15.1. The molecule has 3 heterocycles. The van der Waals surface area contributed by atoms with Gasteiger partial charge in [0.15, 0.2) is 10.9 Å². The molecular weight excluding hydrogens is 699 g/mol. The number of para-hydroxylation sites is 4. The fraction of sp³-hybridized carbons (Fsp3) is 0.154. The maximum absolute atomic E-state index is 15.1. The van der Waals surface area contributed by atoms with Crippen molar-refractivity contribution in [1.29, 1.82) is 0 Å². The van der Waals surface area contributed by atoms with E-state index in [4.69, 9.17) is 0 Å². The molecule has 0 aliphatic heterocycles. The Morgan fingerprint density at radius 2 is 0.912 bits per heavy atom. The molecule has 0 fully saturated rings. The molecular formula is C52H43N3O2. The number of benzene rings is 7. The Morgan fingerprint density at radius 3 is 1.44 bits per heavy atom. The fourth-order valence-corrected chi connectivity index (χ4v) is 8.79. The first-order chi connectivity index (χ1) is 27.4. The van der Waals surface area contributed by atoms with Crippen LogP contribution in [0.15, 0.2) is 161 Å². The van der Waals surface area contributed by atoms with Crippen LogP contribution < -0.4 is 15.8 Å². The van der Waals surface area contributed by atoms with Crippen molar-refractivity contribution in [3.63, 3.8) is 0 Å². The first-order valence-corrected chi connectivity index (χ1v) is 19.7. The van der Waals surface area contributed by atoms with Gasteiger partial charge in [-0.1, -0.05) is 120 Å². The van der Waals surface area contributed by atoms with Crippen molar-refractivity contribution < 1.29 is 0 Å². The second-order valence-electron chi connectivity index (χ2n) is 17.4. The Balaban J connectivity index is 1.40. The molecule has 0 saturated carbocycles. The number of fused-ring (bicyclic) bond motifs is 7. The molecule has 7 aromatic carbocycles. The van der Waals surface area contributed by atoms with Crippen molar-refractivity contribution in [1.82, 2.24) is 8.97 Å². The Bertz CT molecular complexity index is 3190. The summed E-state index contributed by atoms with van der Waals surface area (Å²) in [7, 11) is 0. The van der Waals surface area contributed by atoms with Gasteiger partial charge in [0.1, 0.15) is 0 Å². The van der Waals surface area contributed by atoms with Crippen molar-refractivity contribution in [3.05, 3.63) is 183 Å². The number of rotatable bonds is 4. The Morgan fingerprint density at radius 1 is 0.421 bits per heavy atom. The third-order valence-electron chi connectivity index (χ3n) is 11.7. The van der Waals surface area contributed by atoms with Crippen LogP contribution in [0.3, 0.4) is 0 Å². The van der Waals surface area contributed by atoms with Crippen molar-refractivity contribution in [2.75, 3.05) is 4.90 Å². The van der Waals surface area contributed by atoms with Gasteiger partial charge >= 0.3 is 0 Å². The van der Waals surface area contributed by atoms with Gasteiger partial charge in [0, 0.05) is 49.4 Å². The first kappa shape index (κ1) is 34.7. The molecule has 10 rings (SSSR count). The highest BCUT2D eigenvalue weighted by Gasteiger charge is 2.25. The molecule has 5 nitrogen and oxygen atoms in total. The van der Waals surface area contributed by atoms with E-state index in [9.17, 15) is 0 Å². The van der Waals surface area contributed by atoms with Crippen LogP contribution in [-0.4, -0.2) is 8.97 Å². The largest absolute Gasteiger partial charge is 0.308 e. The summed E-state index contributed by atoms with van der Waals surface area (Å²) < 4.78 is 4.41. The van der Waals surface area contributed by atoms with Crippen LogP contribution in [0, 0.1) is 0 Å². The molecule has 0 unspecified atom stereocenters. The lowest BCUT2D eigenvalue weighted by Crippen LogP contribution is -2.18. The van der Waals surface area contributed by atoms with E-state index in [2.05, 4.69) is 183 Å². The average molecular weight is 742 g/mol. The third kappa shape index (κ3) is 5.29. The number of hydrogen-bond acceptors (Lipinski definition) is 3. The van der Waals surface area contributed by atoms with Gasteiger partial charge in [-0.2, -0.15) is 0 Å². The van der Waals surface area contributed by atoms with Gasteiger partial charge in [-0.15, -0.1) is 0 Å².